The van der Waals surface area contributed by atoms with Gasteiger partial charge in [0.1, 0.15) is 5.75 Å². The van der Waals surface area contributed by atoms with Gasteiger partial charge in [0.05, 0.1) is 23.7 Å². The molecule has 0 spiro atoms. The topological polar surface area (TPSA) is 93.7 Å². The minimum absolute atomic E-state index is 0.0490. The van der Waals surface area contributed by atoms with Gasteiger partial charge in [-0.05, 0) is 43.9 Å². The Bertz CT molecular complexity index is 738. The van der Waals surface area contributed by atoms with E-state index in [1.165, 1.54) is 25.3 Å². The number of hydrogen-bond donors (Lipinski definition) is 2. The lowest BCUT2D eigenvalue weighted by atomic mass is 10.1. The molecule has 8 heteroatoms. The lowest BCUT2D eigenvalue weighted by molar-refractivity contribution is 0.0934. The molecule has 1 aliphatic heterocycles. The second-order valence-electron chi connectivity index (χ2n) is 6.80. The van der Waals surface area contributed by atoms with Crippen molar-refractivity contribution in [3.63, 3.8) is 0 Å². The average Bonchev–Trinajstić information content (AvgIpc) is 3.33. The number of methoxy groups -OCH3 is 1. The van der Waals surface area contributed by atoms with Crippen molar-refractivity contribution in [2.45, 2.75) is 55.6 Å². The van der Waals surface area contributed by atoms with Crippen molar-refractivity contribution < 1.29 is 22.7 Å². The Kier molecular flexibility index (Phi) is 6.16. The molecule has 26 heavy (non-hydrogen) atoms. The minimum atomic E-state index is -3.72. The summed E-state index contributed by atoms with van der Waals surface area (Å²) in [4.78, 5) is 12.6. The number of benzene rings is 1. The molecule has 1 unspecified atom stereocenters. The summed E-state index contributed by atoms with van der Waals surface area (Å²) in [5.74, 6) is 0.0588. The number of carbonyl (C=O) groups excluding carboxylic acids is 1. The molecule has 1 aromatic carbocycles. The number of nitrogens with one attached hydrogen (secondary N) is 2. The summed E-state index contributed by atoms with van der Waals surface area (Å²) in [6, 6.07) is 4.49. The fourth-order valence-electron chi connectivity index (χ4n) is 3.46. The second kappa shape index (κ2) is 8.37. The summed E-state index contributed by atoms with van der Waals surface area (Å²) in [5, 5.41) is 2.97. The molecule has 1 aliphatic carbocycles. The van der Waals surface area contributed by atoms with Gasteiger partial charge < -0.3 is 14.8 Å². The van der Waals surface area contributed by atoms with Crippen molar-refractivity contribution in [2.24, 2.45) is 0 Å². The standard InChI is InChI=1S/C18H26N2O5S/c1-24-17-9-8-15(26(22,23)19-12-14-7-4-10-25-14)11-16(17)18(21)20-13-5-2-3-6-13/h8-9,11,13-14,19H,2-7,10,12H2,1H3,(H,20,21). The van der Waals surface area contributed by atoms with E-state index in [0.717, 1.165) is 38.5 Å². The van der Waals surface area contributed by atoms with Crippen LogP contribution in [-0.4, -0.2) is 46.7 Å². The maximum absolute atomic E-state index is 12.6. The van der Waals surface area contributed by atoms with Crippen LogP contribution in [0.5, 0.6) is 5.75 Å². The van der Waals surface area contributed by atoms with E-state index >= 15 is 0 Å². The zero-order chi connectivity index (χ0) is 18.6. The van der Waals surface area contributed by atoms with E-state index in [4.69, 9.17) is 9.47 Å². The van der Waals surface area contributed by atoms with Crippen LogP contribution in [0, 0.1) is 0 Å². The van der Waals surface area contributed by atoms with Crippen molar-refractivity contribution in [1.29, 1.82) is 0 Å². The molecule has 2 aliphatic rings. The molecule has 144 valence electrons. The predicted octanol–water partition coefficient (Wildman–Crippen LogP) is 1.82. The number of amides is 1. The Morgan fingerprint density at radius 2 is 2.00 bits per heavy atom. The number of rotatable bonds is 7. The molecule has 2 fully saturated rings. The maximum atomic E-state index is 12.6. The Balaban J connectivity index is 1.75. The van der Waals surface area contributed by atoms with E-state index < -0.39 is 10.0 Å². The van der Waals surface area contributed by atoms with Crippen molar-refractivity contribution in [1.82, 2.24) is 10.0 Å². The van der Waals surface area contributed by atoms with Crippen LogP contribution in [0.2, 0.25) is 0 Å². The molecule has 0 bridgehead atoms. The first-order valence-electron chi connectivity index (χ1n) is 9.10. The number of hydrogen-bond acceptors (Lipinski definition) is 5. The molecule has 3 rings (SSSR count). The lowest BCUT2D eigenvalue weighted by Crippen LogP contribution is -2.34. The van der Waals surface area contributed by atoms with Gasteiger partial charge in [0, 0.05) is 19.2 Å². The second-order valence-corrected chi connectivity index (χ2v) is 8.57. The zero-order valence-electron chi connectivity index (χ0n) is 15.0. The van der Waals surface area contributed by atoms with Crippen LogP contribution in [0.4, 0.5) is 0 Å². The van der Waals surface area contributed by atoms with Crippen LogP contribution in [0.15, 0.2) is 23.1 Å². The SMILES string of the molecule is COc1ccc(S(=O)(=O)NCC2CCCO2)cc1C(=O)NC1CCCC1. The largest absolute Gasteiger partial charge is 0.496 e. The van der Waals surface area contributed by atoms with Crippen LogP contribution < -0.4 is 14.8 Å². The lowest BCUT2D eigenvalue weighted by Gasteiger charge is -2.16. The van der Waals surface area contributed by atoms with Crippen LogP contribution in [0.25, 0.3) is 0 Å². The van der Waals surface area contributed by atoms with E-state index in [1.807, 2.05) is 0 Å². The van der Waals surface area contributed by atoms with E-state index in [1.54, 1.807) is 0 Å². The monoisotopic (exact) mass is 382 g/mol. The smallest absolute Gasteiger partial charge is 0.255 e. The Labute approximate surface area is 154 Å². The highest BCUT2D eigenvalue weighted by Gasteiger charge is 2.24. The fourth-order valence-corrected chi connectivity index (χ4v) is 4.55. The van der Waals surface area contributed by atoms with Crippen LogP contribution in [0.1, 0.15) is 48.9 Å². The summed E-state index contributed by atoms with van der Waals surface area (Å²) in [6.07, 6.45) is 5.81. The summed E-state index contributed by atoms with van der Waals surface area (Å²) in [6.45, 7) is 0.901. The molecule has 0 aromatic heterocycles. The van der Waals surface area contributed by atoms with Crippen LogP contribution in [-0.2, 0) is 14.8 Å². The number of sulfonamides is 1. The van der Waals surface area contributed by atoms with Gasteiger partial charge in [-0.25, -0.2) is 13.1 Å². The molecule has 1 aromatic rings. The van der Waals surface area contributed by atoms with Gasteiger partial charge >= 0.3 is 0 Å². The molecule has 1 amide bonds. The van der Waals surface area contributed by atoms with E-state index in [2.05, 4.69) is 10.0 Å². The number of ether oxygens (including phenoxy) is 2. The first-order chi connectivity index (χ1) is 12.5. The molecule has 2 N–H and O–H groups in total. The summed E-state index contributed by atoms with van der Waals surface area (Å²) < 4.78 is 38.4. The van der Waals surface area contributed by atoms with Crippen LogP contribution in [0.3, 0.4) is 0 Å². The van der Waals surface area contributed by atoms with E-state index in [-0.39, 0.29) is 35.1 Å². The summed E-state index contributed by atoms with van der Waals surface area (Å²) >= 11 is 0. The average molecular weight is 382 g/mol. The Morgan fingerprint density at radius 1 is 1.23 bits per heavy atom. The molecule has 0 radical (unpaired) electrons. The number of carbonyl (C=O) groups is 1. The van der Waals surface area contributed by atoms with E-state index in [0.29, 0.717) is 12.4 Å². The first kappa shape index (κ1) is 19.1. The van der Waals surface area contributed by atoms with Crippen molar-refractivity contribution in [3.8, 4) is 5.75 Å². The molecule has 7 nitrogen and oxygen atoms in total. The maximum Gasteiger partial charge on any atom is 0.255 e. The highest BCUT2D eigenvalue weighted by atomic mass is 32.2. The third kappa shape index (κ3) is 4.55. The Hall–Kier alpha value is -1.64. The normalized spacial score (nSPS) is 21.0. The van der Waals surface area contributed by atoms with Crippen molar-refractivity contribution in [2.75, 3.05) is 20.3 Å². The van der Waals surface area contributed by atoms with Gasteiger partial charge in [0.2, 0.25) is 10.0 Å². The molecular weight excluding hydrogens is 356 g/mol. The highest BCUT2D eigenvalue weighted by molar-refractivity contribution is 7.89. The van der Waals surface area contributed by atoms with Gasteiger partial charge in [-0.3, -0.25) is 4.79 Å². The molecular formula is C18H26N2O5S. The van der Waals surface area contributed by atoms with Gasteiger partial charge in [-0.2, -0.15) is 0 Å². The van der Waals surface area contributed by atoms with Crippen molar-refractivity contribution >= 4 is 15.9 Å². The molecule has 1 atom stereocenters. The molecule has 1 saturated heterocycles. The van der Waals surface area contributed by atoms with Crippen molar-refractivity contribution in [3.05, 3.63) is 23.8 Å². The quantitative estimate of drug-likeness (QED) is 0.750. The minimum Gasteiger partial charge on any atom is -0.496 e. The van der Waals surface area contributed by atoms with Gasteiger partial charge in [-0.15, -0.1) is 0 Å². The third-order valence-corrected chi connectivity index (χ3v) is 6.36. The van der Waals surface area contributed by atoms with Gasteiger partial charge in [0.15, 0.2) is 0 Å². The predicted molar refractivity (Wildman–Crippen MR) is 96.9 cm³/mol. The molecule has 1 saturated carbocycles. The fraction of sp³-hybridized carbons (Fsp3) is 0.611. The highest BCUT2D eigenvalue weighted by Crippen LogP contribution is 2.24. The van der Waals surface area contributed by atoms with E-state index in [9.17, 15) is 13.2 Å². The third-order valence-electron chi connectivity index (χ3n) is 4.94. The summed E-state index contributed by atoms with van der Waals surface area (Å²) in [7, 11) is -2.26. The van der Waals surface area contributed by atoms with Gasteiger partial charge in [0.25, 0.3) is 5.91 Å². The first-order valence-corrected chi connectivity index (χ1v) is 10.6. The molecule has 1 heterocycles. The summed E-state index contributed by atoms with van der Waals surface area (Å²) in [5.41, 5.74) is 0.236. The Morgan fingerprint density at radius 3 is 2.65 bits per heavy atom. The van der Waals surface area contributed by atoms with Crippen LogP contribution >= 0.6 is 0 Å². The van der Waals surface area contributed by atoms with Gasteiger partial charge in [-0.1, -0.05) is 12.8 Å². The zero-order valence-corrected chi connectivity index (χ0v) is 15.8.